The normalized spacial score (nSPS) is 26.6. The Bertz CT molecular complexity index is 672. The Kier molecular flexibility index (Phi) is 4.44. The fraction of sp³-hybridized carbons (Fsp3) is 0.571. The molecule has 2 fully saturated rings. The topological polar surface area (TPSA) is 38.8 Å². The van der Waals surface area contributed by atoms with Crippen molar-refractivity contribution >= 4 is 5.97 Å². The number of benzene rings is 1. The largest absolute Gasteiger partial charge is 0.444 e. The van der Waals surface area contributed by atoms with Crippen LogP contribution in [0.25, 0.3) is 0 Å². The third-order valence-electron chi connectivity index (χ3n) is 4.71. The van der Waals surface area contributed by atoms with E-state index in [-0.39, 0.29) is 17.7 Å². The minimum Gasteiger partial charge on any atom is -0.444 e. The van der Waals surface area contributed by atoms with E-state index >= 15 is 0 Å². The first kappa shape index (κ1) is 17.0. The summed E-state index contributed by atoms with van der Waals surface area (Å²) in [6.45, 7) is 7.60. The Balaban J connectivity index is 1.83. The van der Waals surface area contributed by atoms with Crippen molar-refractivity contribution in [3.8, 4) is 11.8 Å². The van der Waals surface area contributed by atoms with Gasteiger partial charge in [0.1, 0.15) is 0 Å². The number of aryl methyl sites for hydroxylation is 1. The first-order valence-electron chi connectivity index (χ1n) is 8.78. The number of carbonyl (C=O) groups excluding carboxylic acids is 1. The van der Waals surface area contributed by atoms with Crippen LogP contribution in [-0.2, 0) is 14.3 Å². The average molecular weight is 326 g/mol. The number of epoxide rings is 1. The molecule has 3 heteroatoms. The molecule has 1 aliphatic carbocycles. The Morgan fingerprint density at radius 2 is 2.00 bits per heavy atom. The maximum absolute atomic E-state index is 12.3. The Morgan fingerprint density at radius 1 is 1.29 bits per heavy atom. The summed E-state index contributed by atoms with van der Waals surface area (Å²) < 4.78 is 11.6. The van der Waals surface area contributed by atoms with Crippen LogP contribution in [0.4, 0.5) is 0 Å². The molecule has 1 saturated carbocycles. The lowest BCUT2D eigenvalue weighted by molar-refractivity contribution is -0.156. The van der Waals surface area contributed by atoms with E-state index in [1.807, 2.05) is 52.0 Å². The molecule has 0 aromatic heterocycles. The van der Waals surface area contributed by atoms with Crippen molar-refractivity contribution in [1.82, 2.24) is 0 Å². The first-order chi connectivity index (χ1) is 11.3. The fourth-order valence-electron chi connectivity index (χ4n) is 3.02. The molecular formula is C21H26O3. The molecule has 0 radical (unpaired) electrons. The van der Waals surface area contributed by atoms with Gasteiger partial charge in [0.15, 0.2) is 11.7 Å². The molecule has 1 saturated heterocycles. The van der Waals surface area contributed by atoms with Crippen molar-refractivity contribution in [2.75, 3.05) is 0 Å². The van der Waals surface area contributed by atoms with Gasteiger partial charge >= 0.3 is 5.97 Å². The molecule has 3 atom stereocenters. The van der Waals surface area contributed by atoms with Crippen LogP contribution in [0.15, 0.2) is 24.3 Å². The maximum atomic E-state index is 12.3. The summed E-state index contributed by atoms with van der Waals surface area (Å²) in [6.07, 6.45) is 4.18. The third-order valence-corrected chi connectivity index (χ3v) is 4.71. The van der Waals surface area contributed by atoms with E-state index in [0.717, 1.165) is 24.8 Å². The molecule has 1 aromatic carbocycles. The van der Waals surface area contributed by atoms with Crippen LogP contribution in [0, 0.1) is 24.2 Å². The zero-order valence-corrected chi connectivity index (χ0v) is 15.0. The van der Waals surface area contributed by atoms with Gasteiger partial charge in [-0.05, 0) is 47.0 Å². The molecule has 0 N–H and O–H groups in total. The summed E-state index contributed by atoms with van der Waals surface area (Å²) in [6, 6.07) is 8.00. The lowest BCUT2D eigenvalue weighted by atomic mass is 9.89. The molecule has 128 valence electrons. The van der Waals surface area contributed by atoms with Crippen molar-refractivity contribution in [3.63, 3.8) is 0 Å². The smallest absolute Gasteiger partial charge is 0.312 e. The van der Waals surface area contributed by atoms with Gasteiger partial charge in [-0.15, -0.1) is 0 Å². The van der Waals surface area contributed by atoms with E-state index in [0.29, 0.717) is 0 Å². The Morgan fingerprint density at radius 3 is 2.62 bits per heavy atom. The molecule has 3 nitrogen and oxygen atoms in total. The van der Waals surface area contributed by atoms with Crippen LogP contribution in [0.1, 0.15) is 63.7 Å². The highest BCUT2D eigenvalue weighted by Crippen LogP contribution is 2.47. The number of carbonyl (C=O) groups is 1. The maximum Gasteiger partial charge on any atom is 0.312 e. The summed E-state index contributed by atoms with van der Waals surface area (Å²) in [5, 5.41) is 0. The van der Waals surface area contributed by atoms with E-state index in [4.69, 9.17) is 9.47 Å². The lowest BCUT2D eigenvalue weighted by Crippen LogP contribution is -2.25. The molecule has 3 unspecified atom stereocenters. The summed E-state index contributed by atoms with van der Waals surface area (Å²) >= 11 is 0. The number of fused-ring (bicyclic) bond motifs is 1. The van der Waals surface area contributed by atoms with Gasteiger partial charge in [0.05, 0.1) is 11.5 Å². The highest BCUT2D eigenvalue weighted by molar-refractivity contribution is 5.76. The number of rotatable bonds is 2. The second-order valence-electron chi connectivity index (χ2n) is 7.96. The van der Waals surface area contributed by atoms with Gasteiger partial charge in [-0.3, -0.25) is 4.79 Å². The predicted molar refractivity (Wildman–Crippen MR) is 93.3 cm³/mol. The van der Waals surface area contributed by atoms with Gasteiger partial charge < -0.3 is 9.47 Å². The summed E-state index contributed by atoms with van der Waals surface area (Å²) in [5.41, 5.74) is 1.25. The van der Waals surface area contributed by atoms with Crippen LogP contribution in [0.5, 0.6) is 0 Å². The standard InChI is InChI=1S/C21H26O3/c1-15-8-10-16(11-9-15)17(23-19(22)20(2,3)4)12-14-21-13-6-5-7-18(21)24-21/h8-11,17-18H,5-7,13H2,1-4H3. The van der Waals surface area contributed by atoms with Crippen LogP contribution >= 0.6 is 0 Å². The van der Waals surface area contributed by atoms with E-state index in [1.165, 1.54) is 12.0 Å². The van der Waals surface area contributed by atoms with E-state index in [1.54, 1.807) is 0 Å². The monoisotopic (exact) mass is 326 g/mol. The zero-order valence-electron chi connectivity index (χ0n) is 15.0. The first-order valence-corrected chi connectivity index (χ1v) is 8.78. The second-order valence-corrected chi connectivity index (χ2v) is 7.96. The highest BCUT2D eigenvalue weighted by atomic mass is 16.6. The minimum atomic E-state index is -0.549. The zero-order chi connectivity index (χ0) is 17.4. The molecule has 1 heterocycles. The van der Waals surface area contributed by atoms with E-state index < -0.39 is 11.5 Å². The van der Waals surface area contributed by atoms with Gasteiger partial charge in [0, 0.05) is 5.56 Å². The molecule has 0 spiro atoms. The Hall–Kier alpha value is -1.79. The lowest BCUT2D eigenvalue weighted by Gasteiger charge is -2.21. The molecule has 2 aliphatic rings. The molecule has 24 heavy (non-hydrogen) atoms. The van der Waals surface area contributed by atoms with Crippen molar-refractivity contribution in [2.24, 2.45) is 5.41 Å². The van der Waals surface area contributed by atoms with Crippen molar-refractivity contribution < 1.29 is 14.3 Å². The van der Waals surface area contributed by atoms with Crippen LogP contribution in [0.3, 0.4) is 0 Å². The molecular weight excluding hydrogens is 300 g/mol. The average Bonchev–Trinajstić information content (AvgIpc) is 3.26. The molecule has 0 amide bonds. The van der Waals surface area contributed by atoms with Gasteiger partial charge in [0.2, 0.25) is 0 Å². The highest BCUT2D eigenvalue weighted by Gasteiger charge is 2.56. The van der Waals surface area contributed by atoms with Crippen LogP contribution < -0.4 is 0 Å². The number of ether oxygens (including phenoxy) is 2. The van der Waals surface area contributed by atoms with Gasteiger partial charge in [-0.2, -0.15) is 0 Å². The van der Waals surface area contributed by atoms with E-state index in [9.17, 15) is 4.79 Å². The van der Waals surface area contributed by atoms with Crippen molar-refractivity contribution in [3.05, 3.63) is 35.4 Å². The van der Waals surface area contributed by atoms with Crippen LogP contribution in [-0.4, -0.2) is 17.7 Å². The summed E-state index contributed by atoms with van der Waals surface area (Å²) in [4.78, 5) is 12.3. The molecule has 0 bridgehead atoms. The number of esters is 1. The summed E-state index contributed by atoms with van der Waals surface area (Å²) in [7, 11) is 0. The molecule has 3 rings (SSSR count). The number of hydrogen-bond donors (Lipinski definition) is 0. The quantitative estimate of drug-likeness (QED) is 0.461. The fourth-order valence-corrected chi connectivity index (χ4v) is 3.02. The molecule has 1 aromatic rings. The third kappa shape index (κ3) is 3.65. The van der Waals surface area contributed by atoms with Gasteiger partial charge in [0.25, 0.3) is 0 Å². The van der Waals surface area contributed by atoms with Gasteiger partial charge in [-0.25, -0.2) is 0 Å². The van der Waals surface area contributed by atoms with E-state index in [2.05, 4.69) is 11.8 Å². The molecule has 1 aliphatic heterocycles. The minimum absolute atomic E-state index is 0.239. The predicted octanol–water partition coefficient (Wildman–Crippen LogP) is 4.34. The SMILES string of the molecule is Cc1ccc(C(C#CC23CCCCC2O3)OC(=O)C(C)(C)C)cc1. The number of hydrogen-bond acceptors (Lipinski definition) is 3. The summed E-state index contributed by atoms with van der Waals surface area (Å²) in [5.74, 6) is 6.25. The van der Waals surface area contributed by atoms with Crippen molar-refractivity contribution in [1.29, 1.82) is 0 Å². The van der Waals surface area contributed by atoms with Crippen LogP contribution in [0.2, 0.25) is 0 Å². The van der Waals surface area contributed by atoms with Crippen molar-refractivity contribution in [2.45, 2.75) is 71.2 Å². The Labute approximate surface area is 144 Å². The van der Waals surface area contributed by atoms with Gasteiger partial charge in [-0.1, -0.05) is 48.1 Å². The second kappa shape index (κ2) is 6.26.